The van der Waals surface area contributed by atoms with Crippen LogP contribution in [0.3, 0.4) is 0 Å². The number of amides is 1. The van der Waals surface area contributed by atoms with Crippen molar-refractivity contribution in [2.24, 2.45) is 0 Å². The Hall–Kier alpha value is -3.37. The van der Waals surface area contributed by atoms with Gasteiger partial charge in [-0.25, -0.2) is 4.79 Å². The Labute approximate surface area is 157 Å². The van der Waals surface area contributed by atoms with Crippen LogP contribution in [-0.2, 0) is 9.53 Å². The second-order valence-electron chi connectivity index (χ2n) is 5.93. The van der Waals surface area contributed by atoms with Crippen LogP contribution in [0.5, 0.6) is 0 Å². The van der Waals surface area contributed by atoms with Gasteiger partial charge < -0.3 is 19.7 Å². The molecule has 7 nitrogen and oxygen atoms in total. The minimum Gasteiger partial charge on any atom is -0.478 e. The number of aromatic carboxylic acids is 1. The van der Waals surface area contributed by atoms with E-state index in [0.717, 1.165) is 22.6 Å². The molecule has 0 aliphatic heterocycles. The zero-order valence-corrected chi connectivity index (χ0v) is 15.4. The summed E-state index contributed by atoms with van der Waals surface area (Å²) >= 11 is 0. The quantitative estimate of drug-likeness (QED) is 0.444. The lowest BCUT2D eigenvalue weighted by Gasteiger charge is -2.10. The van der Waals surface area contributed by atoms with Gasteiger partial charge in [0.05, 0.1) is 12.2 Å². The largest absolute Gasteiger partial charge is 0.478 e. The first-order valence-electron chi connectivity index (χ1n) is 8.30. The van der Waals surface area contributed by atoms with Gasteiger partial charge in [0.2, 0.25) is 0 Å². The summed E-state index contributed by atoms with van der Waals surface area (Å²) in [6.45, 7) is 4.47. The number of ether oxygens (including phenoxy) is 1. The van der Waals surface area contributed by atoms with E-state index in [1.165, 1.54) is 19.2 Å². The maximum Gasteiger partial charge on any atom is 0.335 e. The van der Waals surface area contributed by atoms with Crippen LogP contribution in [-0.4, -0.2) is 41.8 Å². The van der Waals surface area contributed by atoms with Crippen LogP contribution in [0.1, 0.15) is 27.3 Å². The fraction of sp³-hybridized carbons (Fsp3) is 0.250. The first-order chi connectivity index (χ1) is 12.9. The minimum absolute atomic E-state index is 0.00702. The van der Waals surface area contributed by atoms with Gasteiger partial charge in [0, 0.05) is 30.7 Å². The van der Waals surface area contributed by atoms with E-state index < -0.39 is 11.9 Å². The first kappa shape index (κ1) is 19.9. The molecule has 0 saturated heterocycles. The Balaban J connectivity index is 2.35. The fourth-order valence-corrected chi connectivity index (χ4v) is 2.75. The van der Waals surface area contributed by atoms with Crippen molar-refractivity contribution in [1.29, 1.82) is 5.26 Å². The average molecular weight is 367 g/mol. The fourth-order valence-electron chi connectivity index (χ4n) is 2.75. The van der Waals surface area contributed by atoms with Crippen molar-refractivity contribution in [1.82, 2.24) is 9.88 Å². The molecular weight excluding hydrogens is 346 g/mol. The molecule has 2 N–H and O–H groups in total. The first-order valence-corrected chi connectivity index (χ1v) is 8.30. The molecule has 0 aliphatic rings. The van der Waals surface area contributed by atoms with Crippen LogP contribution in [0, 0.1) is 25.2 Å². The number of methoxy groups -OCH3 is 1. The van der Waals surface area contributed by atoms with E-state index in [-0.39, 0.29) is 11.1 Å². The summed E-state index contributed by atoms with van der Waals surface area (Å²) in [5.74, 6) is -1.44. The van der Waals surface area contributed by atoms with Gasteiger partial charge in [0.15, 0.2) is 0 Å². The number of nitrogens with zero attached hydrogens (tertiary/aromatic N) is 2. The molecule has 7 heteroatoms. The summed E-state index contributed by atoms with van der Waals surface area (Å²) in [6, 6.07) is 10.3. The molecule has 0 aliphatic carbocycles. The lowest BCUT2D eigenvalue weighted by Crippen LogP contribution is -2.27. The number of nitriles is 1. The van der Waals surface area contributed by atoms with E-state index in [9.17, 15) is 14.9 Å². The second-order valence-corrected chi connectivity index (χ2v) is 5.93. The van der Waals surface area contributed by atoms with E-state index in [1.54, 1.807) is 18.2 Å². The normalized spacial score (nSPS) is 11.1. The SMILES string of the molecule is COCCNC(=O)C(C#N)=Cc1cc(C)n(-c2ccc(C(=O)O)cc2)c1C. The lowest BCUT2D eigenvalue weighted by molar-refractivity contribution is -0.117. The summed E-state index contributed by atoms with van der Waals surface area (Å²) in [4.78, 5) is 23.1. The topological polar surface area (TPSA) is 104 Å². The predicted octanol–water partition coefficient (Wildman–Crippen LogP) is 2.46. The van der Waals surface area contributed by atoms with Crippen LogP contribution < -0.4 is 5.32 Å². The third kappa shape index (κ3) is 4.63. The Morgan fingerprint density at radius 2 is 1.96 bits per heavy atom. The molecule has 0 atom stereocenters. The molecule has 1 heterocycles. The highest BCUT2D eigenvalue weighted by molar-refractivity contribution is 6.01. The van der Waals surface area contributed by atoms with Crippen molar-refractivity contribution in [3.05, 3.63) is 58.4 Å². The van der Waals surface area contributed by atoms with Crippen LogP contribution in [0.15, 0.2) is 35.9 Å². The molecule has 0 saturated carbocycles. The van der Waals surface area contributed by atoms with Gasteiger partial charge in [-0.3, -0.25) is 4.79 Å². The van der Waals surface area contributed by atoms with E-state index >= 15 is 0 Å². The monoisotopic (exact) mass is 367 g/mol. The van der Waals surface area contributed by atoms with Crippen molar-refractivity contribution in [3.63, 3.8) is 0 Å². The molecular formula is C20H21N3O4. The molecule has 0 radical (unpaired) electrons. The number of carbonyl (C=O) groups excluding carboxylic acids is 1. The number of carboxylic acid groups (broad SMARTS) is 1. The van der Waals surface area contributed by atoms with Crippen LogP contribution in [0.25, 0.3) is 11.8 Å². The third-order valence-electron chi connectivity index (χ3n) is 4.10. The van der Waals surface area contributed by atoms with Crippen LogP contribution >= 0.6 is 0 Å². The van der Waals surface area contributed by atoms with Gasteiger partial charge in [-0.2, -0.15) is 5.26 Å². The molecule has 1 aromatic carbocycles. The van der Waals surface area contributed by atoms with Gasteiger partial charge in [0.25, 0.3) is 5.91 Å². The van der Waals surface area contributed by atoms with Crippen molar-refractivity contribution < 1.29 is 19.4 Å². The zero-order valence-electron chi connectivity index (χ0n) is 15.4. The number of carbonyl (C=O) groups is 2. The van der Waals surface area contributed by atoms with Crippen molar-refractivity contribution in [3.8, 4) is 11.8 Å². The van der Waals surface area contributed by atoms with E-state index in [2.05, 4.69) is 5.32 Å². The standard InChI is InChI=1S/C20H21N3O4/c1-13-10-16(11-17(12-21)19(24)22-8-9-27-3)14(2)23(13)18-6-4-15(5-7-18)20(25)26/h4-7,10-11H,8-9H2,1-3H3,(H,22,24)(H,25,26). The minimum atomic E-state index is -0.982. The van der Waals surface area contributed by atoms with Crippen LogP contribution in [0.4, 0.5) is 0 Å². The number of benzene rings is 1. The van der Waals surface area contributed by atoms with Gasteiger partial charge in [-0.05, 0) is 55.8 Å². The molecule has 2 aromatic rings. The smallest absolute Gasteiger partial charge is 0.335 e. The Morgan fingerprint density at radius 3 is 2.52 bits per heavy atom. The van der Waals surface area contributed by atoms with Crippen LogP contribution in [0.2, 0.25) is 0 Å². The summed E-state index contributed by atoms with van der Waals surface area (Å²) in [5.41, 5.74) is 3.51. The number of aromatic nitrogens is 1. The molecule has 0 spiro atoms. The Bertz CT molecular complexity index is 918. The predicted molar refractivity (Wildman–Crippen MR) is 101 cm³/mol. The molecule has 1 amide bonds. The number of hydrogen-bond donors (Lipinski definition) is 2. The summed E-state index contributed by atoms with van der Waals surface area (Å²) < 4.78 is 6.82. The number of hydrogen-bond acceptors (Lipinski definition) is 4. The van der Waals surface area contributed by atoms with Gasteiger partial charge in [-0.15, -0.1) is 0 Å². The molecule has 0 fully saturated rings. The third-order valence-corrected chi connectivity index (χ3v) is 4.10. The lowest BCUT2D eigenvalue weighted by atomic mass is 10.1. The van der Waals surface area contributed by atoms with Crippen molar-refractivity contribution in [2.45, 2.75) is 13.8 Å². The van der Waals surface area contributed by atoms with Crippen molar-refractivity contribution >= 4 is 18.0 Å². The molecule has 2 rings (SSSR count). The Morgan fingerprint density at radius 1 is 1.30 bits per heavy atom. The molecule has 140 valence electrons. The van der Waals surface area contributed by atoms with E-state index in [0.29, 0.717) is 13.2 Å². The summed E-state index contributed by atoms with van der Waals surface area (Å²) in [5, 5.41) is 21.0. The second kappa shape index (κ2) is 8.83. The Kier molecular flexibility index (Phi) is 6.52. The van der Waals surface area contributed by atoms with Gasteiger partial charge >= 0.3 is 5.97 Å². The van der Waals surface area contributed by atoms with Gasteiger partial charge in [-0.1, -0.05) is 0 Å². The van der Waals surface area contributed by atoms with Crippen molar-refractivity contribution in [2.75, 3.05) is 20.3 Å². The summed E-state index contributed by atoms with van der Waals surface area (Å²) in [7, 11) is 1.53. The highest BCUT2D eigenvalue weighted by Gasteiger charge is 2.14. The number of nitrogens with one attached hydrogen (secondary N) is 1. The molecule has 1 aromatic heterocycles. The number of aryl methyl sites for hydroxylation is 1. The van der Waals surface area contributed by atoms with Gasteiger partial charge in [0.1, 0.15) is 11.6 Å². The summed E-state index contributed by atoms with van der Waals surface area (Å²) in [6.07, 6.45) is 1.55. The van der Waals surface area contributed by atoms with E-state index in [4.69, 9.17) is 9.84 Å². The zero-order chi connectivity index (χ0) is 20.0. The number of carboxylic acids is 1. The average Bonchev–Trinajstić information content (AvgIpc) is 2.93. The maximum absolute atomic E-state index is 12.1. The molecule has 0 bridgehead atoms. The highest BCUT2D eigenvalue weighted by Crippen LogP contribution is 2.23. The molecule has 0 unspecified atom stereocenters. The number of rotatable bonds is 7. The maximum atomic E-state index is 12.1. The highest BCUT2D eigenvalue weighted by atomic mass is 16.5. The van der Waals surface area contributed by atoms with E-state index in [1.807, 2.05) is 30.6 Å². The molecule has 27 heavy (non-hydrogen) atoms.